The predicted octanol–water partition coefficient (Wildman–Crippen LogP) is 3.51. The Balaban J connectivity index is 2.45. The molecule has 1 aromatic rings. The number of thiocarbonyl (C=S) groups is 1. The Morgan fingerprint density at radius 1 is 1.50 bits per heavy atom. The monoisotopic (exact) mass is 315 g/mol. The number of thioether (sulfide) groups is 1. The van der Waals surface area contributed by atoms with Crippen LogP contribution in [0.25, 0.3) is 0 Å². The lowest BCUT2D eigenvalue weighted by molar-refractivity contribution is -0.116. The summed E-state index contributed by atoms with van der Waals surface area (Å²) in [7, 11) is 0. The summed E-state index contributed by atoms with van der Waals surface area (Å²) in [6, 6.07) is 5.83. The van der Waals surface area contributed by atoms with E-state index in [9.17, 15) is 4.79 Å². The fraction of sp³-hybridized carbons (Fsp3) is 0.273. The number of benzene rings is 1. The maximum Gasteiger partial charge on any atom is 0.245 e. The normalized spacial score (nSPS) is 20.7. The largest absolute Gasteiger partial charge is 0.273 e. The number of aryl methyl sites for hydroxylation is 1. The van der Waals surface area contributed by atoms with Gasteiger partial charge in [0.1, 0.15) is 4.32 Å². The topological polar surface area (TPSA) is 20.3 Å². The highest BCUT2D eigenvalue weighted by Gasteiger charge is 2.35. The second-order valence-corrected chi connectivity index (χ2v) is 6.52. The molecule has 1 saturated heterocycles. The average molecular weight is 316 g/mol. The molecule has 2 rings (SSSR count). The predicted molar refractivity (Wildman–Crippen MR) is 76.0 cm³/mol. The van der Waals surface area contributed by atoms with Gasteiger partial charge in [-0.3, -0.25) is 9.69 Å². The van der Waals surface area contributed by atoms with Crippen LogP contribution in [0.2, 0.25) is 0 Å². The van der Waals surface area contributed by atoms with E-state index in [1.54, 1.807) is 4.90 Å². The number of nitrogens with zero attached hydrogens (tertiary/aromatic N) is 1. The first-order valence-electron chi connectivity index (χ1n) is 4.81. The highest BCUT2D eigenvalue weighted by atomic mass is 79.9. The standard InChI is InChI=1S/C11H10BrNOS2/c1-6-5-8(12)3-4-9(6)13-10(14)7(2)16-11(13)15/h3-5,7H,1-2H3. The Kier molecular flexibility index (Phi) is 3.37. The number of anilines is 1. The van der Waals surface area contributed by atoms with Crippen molar-refractivity contribution < 1.29 is 4.79 Å². The van der Waals surface area contributed by atoms with E-state index in [-0.39, 0.29) is 11.2 Å². The van der Waals surface area contributed by atoms with Crippen molar-refractivity contribution in [3.05, 3.63) is 28.2 Å². The van der Waals surface area contributed by atoms with E-state index in [1.165, 1.54) is 11.8 Å². The molecule has 0 radical (unpaired) electrons. The maximum absolute atomic E-state index is 12.0. The molecule has 0 aromatic heterocycles. The van der Waals surface area contributed by atoms with E-state index in [1.807, 2.05) is 32.0 Å². The lowest BCUT2D eigenvalue weighted by Gasteiger charge is -2.17. The van der Waals surface area contributed by atoms with Gasteiger partial charge in [-0.1, -0.05) is 39.9 Å². The van der Waals surface area contributed by atoms with Gasteiger partial charge in [0.2, 0.25) is 5.91 Å². The van der Waals surface area contributed by atoms with Crippen molar-refractivity contribution in [3.8, 4) is 0 Å². The summed E-state index contributed by atoms with van der Waals surface area (Å²) < 4.78 is 1.65. The summed E-state index contributed by atoms with van der Waals surface area (Å²) in [6.45, 7) is 3.86. The average Bonchev–Trinajstić information content (AvgIpc) is 2.43. The Morgan fingerprint density at radius 2 is 2.19 bits per heavy atom. The lowest BCUT2D eigenvalue weighted by atomic mass is 10.2. The molecule has 0 aliphatic carbocycles. The first kappa shape index (κ1) is 12.1. The van der Waals surface area contributed by atoms with Crippen LogP contribution < -0.4 is 4.90 Å². The van der Waals surface area contributed by atoms with Gasteiger partial charge in [0.25, 0.3) is 0 Å². The van der Waals surface area contributed by atoms with E-state index in [0.717, 1.165) is 15.7 Å². The van der Waals surface area contributed by atoms with Gasteiger partial charge in [-0.25, -0.2) is 0 Å². The third-order valence-electron chi connectivity index (χ3n) is 2.43. The van der Waals surface area contributed by atoms with Gasteiger partial charge in [-0.2, -0.15) is 0 Å². The molecule has 1 aliphatic rings. The number of halogens is 1. The zero-order chi connectivity index (χ0) is 11.9. The summed E-state index contributed by atoms with van der Waals surface area (Å²) in [4.78, 5) is 13.6. The minimum absolute atomic E-state index is 0.0698. The van der Waals surface area contributed by atoms with E-state index in [4.69, 9.17) is 12.2 Å². The van der Waals surface area contributed by atoms with E-state index < -0.39 is 0 Å². The van der Waals surface area contributed by atoms with Crippen LogP contribution in [0.5, 0.6) is 0 Å². The fourth-order valence-electron chi connectivity index (χ4n) is 1.61. The van der Waals surface area contributed by atoms with Crippen molar-refractivity contribution in [2.45, 2.75) is 19.1 Å². The third kappa shape index (κ3) is 2.04. The number of amides is 1. The van der Waals surface area contributed by atoms with Crippen LogP contribution >= 0.6 is 39.9 Å². The van der Waals surface area contributed by atoms with Crippen LogP contribution in [-0.4, -0.2) is 15.5 Å². The molecule has 0 saturated carbocycles. The van der Waals surface area contributed by atoms with Crippen LogP contribution in [0, 0.1) is 6.92 Å². The van der Waals surface area contributed by atoms with E-state index in [0.29, 0.717) is 4.32 Å². The molecular formula is C11H10BrNOS2. The van der Waals surface area contributed by atoms with E-state index >= 15 is 0 Å². The number of hydrogen-bond acceptors (Lipinski definition) is 3. The SMILES string of the molecule is Cc1cc(Br)ccc1N1C(=O)C(C)SC1=S. The van der Waals surface area contributed by atoms with E-state index in [2.05, 4.69) is 15.9 Å². The van der Waals surface area contributed by atoms with Crippen molar-refractivity contribution in [3.63, 3.8) is 0 Å². The molecule has 0 N–H and O–H groups in total. The van der Waals surface area contributed by atoms with Crippen molar-refractivity contribution in [2.24, 2.45) is 0 Å². The summed E-state index contributed by atoms with van der Waals surface area (Å²) in [6.07, 6.45) is 0. The molecule has 1 aliphatic heterocycles. The highest BCUT2D eigenvalue weighted by Crippen LogP contribution is 2.34. The quantitative estimate of drug-likeness (QED) is 0.740. The number of rotatable bonds is 1. The molecule has 1 aromatic carbocycles. The summed E-state index contributed by atoms with van der Waals surface area (Å²) in [5, 5.41) is -0.0736. The van der Waals surface area contributed by atoms with Crippen LogP contribution in [0.4, 0.5) is 5.69 Å². The summed E-state index contributed by atoms with van der Waals surface area (Å²) in [5.41, 5.74) is 1.93. The van der Waals surface area contributed by atoms with Crippen LogP contribution in [0.3, 0.4) is 0 Å². The Bertz CT molecular complexity index is 475. The van der Waals surface area contributed by atoms with Crippen LogP contribution in [0.1, 0.15) is 12.5 Å². The Hall–Kier alpha value is -0.390. The molecule has 5 heteroatoms. The first-order chi connectivity index (χ1) is 7.50. The molecule has 1 fully saturated rings. The second-order valence-electron chi connectivity index (χ2n) is 3.63. The molecule has 16 heavy (non-hydrogen) atoms. The molecule has 0 spiro atoms. The fourth-order valence-corrected chi connectivity index (χ4v) is 3.51. The number of carbonyl (C=O) groups excluding carboxylic acids is 1. The van der Waals surface area contributed by atoms with Gasteiger partial charge in [-0.15, -0.1) is 0 Å². The smallest absolute Gasteiger partial charge is 0.245 e. The second kappa shape index (κ2) is 4.47. The number of hydrogen-bond donors (Lipinski definition) is 0. The first-order valence-corrected chi connectivity index (χ1v) is 6.89. The van der Waals surface area contributed by atoms with Crippen LogP contribution in [-0.2, 0) is 4.79 Å². The molecule has 1 unspecified atom stereocenters. The minimum Gasteiger partial charge on any atom is -0.273 e. The molecule has 1 amide bonds. The van der Waals surface area contributed by atoms with Crippen molar-refractivity contribution in [1.82, 2.24) is 0 Å². The molecule has 2 nitrogen and oxygen atoms in total. The molecule has 84 valence electrons. The molecule has 1 atom stereocenters. The molecule has 0 bridgehead atoms. The van der Waals surface area contributed by atoms with Gasteiger partial charge < -0.3 is 0 Å². The van der Waals surface area contributed by atoms with Gasteiger partial charge in [0.05, 0.1) is 10.9 Å². The van der Waals surface area contributed by atoms with Crippen molar-refractivity contribution in [1.29, 1.82) is 0 Å². The lowest BCUT2D eigenvalue weighted by Crippen LogP contribution is -2.30. The highest BCUT2D eigenvalue weighted by molar-refractivity contribution is 9.10. The van der Waals surface area contributed by atoms with Crippen molar-refractivity contribution >= 4 is 55.8 Å². The number of carbonyl (C=O) groups is 1. The molecular weight excluding hydrogens is 306 g/mol. The van der Waals surface area contributed by atoms with Gasteiger partial charge in [0, 0.05) is 4.47 Å². The Labute approximate surface area is 113 Å². The maximum atomic E-state index is 12.0. The summed E-state index contributed by atoms with van der Waals surface area (Å²) in [5.74, 6) is 0.0698. The van der Waals surface area contributed by atoms with Gasteiger partial charge in [0.15, 0.2) is 0 Å². The van der Waals surface area contributed by atoms with Gasteiger partial charge in [-0.05, 0) is 37.6 Å². The van der Waals surface area contributed by atoms with Crippen LogP contribution in [0.15, 0.2) is 22.7 Å². The van der Waals surface area contributed by atoms with Gasteiger partial charge >= 0.3 is 0 Å². The zero-order valence-corrected chi connectivity index (χ0v) is 12.1. The minimum atomic E-state index is -0.0736. The van der Waals surface area contributed by atoms with Crippen molar-refractivity contribution in [2.75, 3.05) is 4.90 Å². The summed E-state index contributed by atoms with van der Waals surface area (Å²) >= 11 is 10.1. The molecule has 1 heterocycles. The Morgan fingerprint density at radius 3 is 2.69 bits per heavy atom. The zero-order valence-electron chi connectivity index (χ0n) is 8.86. The third-order valence-corrected chi connectivity index (χ3v) is 4.33.